The lowest BCUT2D eigenvalue weighted by Gasteiger charge is -2.39. The smallest absolute Gasteiger partial charge is 0.184 e. The first kappa shape index (κ1) is 23.8. The number of nitrogens with zero attached hydrogens (tertiary/aromatic N) is 1. The number of pyridine rings is 1. The molecule has 0 bridgehead atoms. The highest BCUT2D eigenvalue weighted by atomic mass is 16.6. The molecule has 0 spiro atoms. The van der Waals surface area contributed by atoms with E-state index in [1.165, 1.54) is 0 Å². The van der Waals surface area contributed by atoms with Crippen molar-refractivity contribution in [3.63, 3.8) is 0 Å². The van der Waals surface area contributed by atoms with Crippen molar-refractivity contribution in [1.82, 2.24) is 4.98 Å². The van der Waals surface area contributed by atoms with Crippen LogP contribution in [0.2, 0.25) is 0 Å². The zero-order valence-electron chi connectivity index (χ0n) is 17.8. The summed E-state index contributed by atoms with van der Waals surface area (Å²) in [7, 11) is 0. The number of nitrogens with one attached hydrogen (secondary N) is 1. The summed E-state index contributed by atoms with van der Waals surface area (Å²) in [6.45, 7) is 0.864. The van der Waals surface area contributed by atoms with Gasteiger partial charge in [0, 0.05) is 30.4 Å². The topological polar surface area (TPSA) is 124 Å². The fourth-order valence-electron chi connectivity index (χ4n) is 3.84. The maximum absolute atomic E-state index is 10.1. The Labute approximate surface area is 182 Å². The molecule has 1 fully saturated rings. The van der Waals surface area contributed by atoms with Crippen LogP contribution in [0.1, 0.15) is 38.5 Å². The molecule has 1 aromatic heterocycles. The van der Waals surface area contributed by atoms with E-state index in [-0.39, 0.29) is 0 Å². The molecule has 31 heavy (non-hydrogen) atoms. The van der Waals surface area contributed by atoms with Crippen molar-refractivity contribution in [2.24, 2.45) is 0 Å². The number of fused-ring (bicyclic) bond motifs is 1. The third-order valence-corrected chi connectivity index (χ3v) is 5.65. The third-order valence-electron chi connectivity index (χ3n) is 5.65. The first-order chi connectivity index (χ1) is 15.1. The second-order valence-corrected chi connectivity index (χ2v) is 8.02. The largest absolute Gasteiger partial charge is 0.394 e. The zero-order chi connectivity index (χ0) is 22.1. The minimum atomic E-state index is -1.47. The van der Waals surface area contributed by atoms with E-state index in [2.05, 4.69) is 28.5 Å². The van der Waals surface area contributed by atoms with Gasteiger partial charge in [0.25, 0.3) is 0 Å². The predicted molar refractivity (Wildman–Crippen MR) is 118 cm³/mol. The molecule has 0 saturated carbocycles. The maximum atomic E-state index is 10.1. The summed E-state index contributed by atoms with van der Waals surface area (Å²) in [6, 6.07) is 10.2. The van der Waals surface area contributed by atoms with Crippen LogP contribution < -0.4 is 5.32 Å². The Morgan fingerprint density at radius 1 is 0.968 bits per heavy atom. The first-order valence-electron chi connectivity index (χ1n) is 11.1. The number of anilines is 1. The molecule has 172 valence electrons. The van der Waals surface area contributed by atoms with E-state index in [1.807, 2.05) is 12.1 Å². The van der Waals surface area contributed by atoms with E-state index in [9.17, 15) is 20.4 Å². The van der Waals surface area contributed by atoms with Gasteiger partial charge in [0.2, 0.25) is 0 Å². The Kier molecular flexibility index (Phi) is 9.45. The molecule has 2 heterocycles. The number of unbranched alkanes of at least 4 members (excludes halogenated alkanes) is 5. The predicted octanol–water partition coefficient (Wildman–Crippen LogP) is 1.80. The van der Waals surface area contributed by atoms with Crippen LogP contribution in [-0.4, -0.2) is 75.9 Å². The fourth-order valence-corrected chi connectivity index (χ4v) is 3.84. The third kappa shape index (κ3) is 6.83. The molecule has 0 radical (unpaired) electrons. The fraction of sp³-hybridized carbons (Fsp3) is 0.609. The van der Waals surface area contributed by atoms with Gasteiger partial charge >= 0.3 is 0 Å². The molecule has 5 atom stereocenters. The van der Waals surface area contributed by atoms with E-state index in [4.69, 9.17) is 9.47 Å². The lowest BCUT2D eigenvalue weighted by Crippen LogP contribution is -2.59. The number of aliphatic hydroxyl groups excluding tert-OH is 4. The molecule has 0 amide bonds. The lowest BCUT2D eigenvalue weighted by molar-refractivity contribution is -0.294. The van der Waals surface area contributed by atoms with Gasteiger partial charge in [0.05, 0.1) is 12.1 Å². The van der Waals surface area contributed by atoms with Crippen molar-refractivity contribution < 1.29 is 29.9 Å². The standard InChI is InChI=1S/C23H34N2O6/c26-15-19-20(27)22(21(28)23(29)31-19)30-13-6-4-2-1-3-5-11-24-17-9-10-18-16(14-17)8-7-12-25-18/h7-10,12,14,19-24,26-29H,1-6,11,13,15H2/t19-,20-,21-,22+,23?/m1/s1. The lowest BCUT2D eigenvalue weighted by atomic mass is 9.99. The molecule has 1 aromatic carbocycles. The van der Waals surface area contributed by atoms with Gasteiger partial charge in [-0.2, -0.15) is 0 Å². The van der Waals surface area contributed by atoms with Crippen molar-refractivity contribution >= 4 is 16.6 Å². The zero-order valence-corrected chi connectivity index (χ0v) is 17.8. The number of hydrogen-bond acceptors (Lipinski definition) is 8. The van der Waals surface area contributed by atoms with E-state index in [0.29, 0.717) is 6.61 Å². The molecule has 5 N–H and O–H groups in total. The van der Waals surface area contributed by atoms with E-state index >= 15 is 0 Å². The molecule has 1 unspecified atom stereocenters. The molecule has 0 aliphatic carbocycles. The summed E-state index contributed by atoms with van der Waals surface area (Å²) >= 11 is 0. The number of aliphatic hydroxyl groups is 4. The Morgan fingerprint density at radius 2 is 1.74 bits per heavy atom. The SMILES string of the molecule is OC[C@H]1OC(O)[C@H](O)[C@@H](OCCCCCCCCNc2ccc3ncccc3c2)[C@@H]1O. The number of hydrogen-bond donors (Lipinski definition) is 5. The van der Waals surface area contributed by atoms with Crippen molar-refractivity contribution in [1.29, 1.82) is 0 Å². The van der Waals surface area contributed by atoms with Gasteiger partial charge < -0.3 is 35.2 Å². The van der Waals surface area contributed by atoms with E-state index in [0.717, 1.165) is 61.7 Å². The highest BCUT2D eigenvalue weighted by molar-refractivity contribution is 5.82. The summed E-state index contributed by atoms with van der Waals surface area (Å²) in [4.78, 5) is 4.33. The van der Waals surface area contributed by atoms with Crippen LogP contribution in [0.3, 0.4) is 0 Å². The van der Waals surface area contributed by atoms with E-state index < -0.39 is 37.3 Å². The van der Waals surface area contributed by atoms with Gasteiger partial charge in [-0.1, -0.05) is 31.7 Å². The molecule has 1 aliphatic heterocycles. The Bertz CT molecular complexity index is 792. The van der Waals surface area contributed by atoms with Crippen molar-refractivity contribution in [2.75, 3.05) is 25.1 Å². The quantitative estimate of drug-likeness (QED) is 0.320. The summed E-state index contributed by atoms with van der Waals surface area (Å²) in [5.74, 6) is 0. The second-order valence-electron chi connectivity index (χ2n) is 8.02. The summed E-state index contributed by atoms with van der Waals surface area (Å²) < 4.78 is 10.5. The van der Waals surface area contributed by atoms with Gasteiger partial charge in [0.1, 0.15) is 24.4 Å². The van der Waals surface area contributed by atoms with Crippen molar-refractivity contribution in [3.8, 4) is 0 Å². The summed E-state index contributed by atoms with van der Waals surface area (Å²) in [5, 5.41) is 43.4. The molecular weight excluding hydrogens is 400 g/mol. The number of benzene rings is 1. The maximum Gasteiger partial charge on any atom is 0.184 e. The number of ether oxygens (including phenoxy) is 2. The van der Waals surface area contributed by atoms with Gasteiger partial charge in [-0.15, -0.1) is 0 Å². The average Bonchev–Trinajstić information content (AvgIpc) is 2.79. The molecule has 1 saturated heterocycles. The highest BCUT2D eigenvalue weighted by Gasteiger charge is 2.44. The molecule has 8 heteroatoms. The number of aromatic nitrogens is 1. The van der Waals surface area contributed by atoms with Crippen LogP contribution in [0.25, 0.3) is 10.9 Å². The number of rotatable bonds is 12. The average molecular weight is 435 g/mol. The van der Waals surface area contributed by atoms with Crippen LogP contribution >= 0.6 is 0 Å². The van der Waals surface area contributed by atoms with Crippen LogP contribution in [0.5, 0.6) is 0 Å². The van der Waals surface area contributed by atoms with Crippen LogP contribution in [-0.2, 0) is 9.47 Å². The van der Waals surface area contributed by atoms with Crippen molar-refractivity contribution in [3.05, 3.63) is 36.5 Å². The molecule has 1 aliphatic rings. The van der Waals surface area contributed by atoms with Crippen LogP contribution in [0.4, 0.5) is 5.69 Å². The Morgan fingerprint density at radius 3 is 2.55 bits per heavy atom. The van der Waals surface area contributed by atoms with Gasteiger partial charge in [-0.3, -0.25) is 4.98 Å². The minimum Gasteiger partial charge on any atom is -0.394 e. The Balaban J connectivity index is 1.22. The van der Waals surface area contributed by atoms with Crippen LogP contribution in [0.15, 0.2) is 36.5 Å². The normalized spacial score (nSPS) is 26.3. The van der Waals surface area contributed by atoms with E-state index in [1.54, 1.807) is 6.20 Å². The minimum absolute atomic E-state index is 0.377. The molecule has 8 nitrogen and oxygen atoms in total. The van der Waals surface area contributed by atoms with Crippen molar-refractivity contribution in [2.45, 2.75) is 69.2 Å². The summed E-state index contributed by atoms with van der Waals surface area (Å²) in [6.07, 6.45) is 2.18. The molecule has 2 aromatic rings. The monoisotopic (exact) mass is 434 g/mol. The van der Waals surface area contributed by atoms with Gasteiger partial charge in [-0.05, 0) is 37.1 Å². The molecule has 3 rings (SSSR count). The second kappa shape index (κ2) is 12.3. The Hall–Kier alpha value is -1.81. The molecular formula is C23H34N2O6. The van der Waals surface area contributed by atoms with Crippen LogP contribution in [0, 0.1) is 0 Å². The van der Waals surface area contributed by atoms with Gasteiger partial charge in [-0.25, -0.2) is 0 Å². The first-order valence-corrected chi connectivity index (χ1v) is 11.1. The highest BCUT2D eigenvalue weighted by Crippen LogP contribution is 2.23. The van der Waals surface area contributed by atoms with Gasteiger partial charge in [0.15, 0.2) is 6.29 Å². The summed E-state index contributed by atoms with van der Waals surface area (Å²) in [5.41, 5.74) is 2.12.